The van der Waals surface area contributed by atoms with E-state index in [2.05, 4.69) is 25.6 Å². The molecule has 2 heterocycles. The number of rotatable bonds is 5. The van der Waals surface area contributed by atoms with Gasteiger partial charge in [-0.25, -0.2) is 18.1 Å². The van der Waals surface area contributed by atoms with E-state index in [1.54, 1.807) is 6.07 Å². The lowest BCUT2D eigenvalue weighted by atomic mass is 10.5. The van der Waals surface area contributed by atoms with Crippen LogP contribution in [0.2, 0.25) is 0 Å². The molecule has 3 N–H and O–H groups in total. The molecule has 0 aliphatic heterocycles. The largest absolute Gasteiger partial charge is 0.326 e. The van der Waals surface area contributed by atoms with Gasteiger partial charge in [0.2, 0.25) is 10.0 Å². The van der Waals surface area contributed by atoms with E-state index in [-0.39, 0.29) is 11.4 Å². The Morgan fingerprint density at radius 3 is 2.79 bits per heavy atom. The smallest absolute Gasteiger partial charge is 0.242 e. The fourth-order valence-electron chi connectivity index (χ4n) is 1.42. The molecule has 104 valence electrons. The van der Waals surface area contributed by atoms with Crippen molar-refractivity contribution in [3.8, 4) is 0 Å². The van der Waals surface area contributed by atoms with Crippen LogP contribution in [-0.4, -0.2) is 13.4 Å². The fourth-order valence-corrected chi connectivity index (χ4v) is 5.59. The van der Waals surface area contributed by atoms with Crippen molar-refractivity contribution in [2.75, 3.05) is 0 Å². The molecule has 2 aromatic heterocycles. The second-order valence-corrected chi connectivity index (χ2v) is 8.99. The standard InChI is InChI=1S/C10H12BrN3O2S3/c1-6-14-7(5-17-6)4-13-19(15,16)9-2-8(3-12)18-10(9)11/h2,5,13H,3-4,12H2,1H3. The van der Waals surface area contributed by atoms with Crippen molar-refractivity contribution in [3.05, 3.63) is 30.8 Å². The van der Waals surface area contributed by atoms with Crippen LogP contribution in [0, 0.1) is 6.92 Å². The van der Waals surface area contributed by atoms with E-state index in [1.165, 1.54) is 22.7 Å². The first kappa shape index (κ1) is 15.1. The van der Waals surface area contributed by atoms with Gasteiger partial charge in [-0.2, -0.15) is 0 Å². The summed E-state index contributed by atoms with van der Waals surface area (Å²) in [6, 6.07) is 1.59. The number of halogens is 1. The van der Waals surface area contributed by atoms with Crippen LogP contribution in [0.15, 0.2) is 20.1 Å². The van der Waals surface area contributed by atoms with Crippen molar-refractivity contribution < 1.29 is 8.42 Å². The molecule has 0 saturated heterocycles. The molecule has 0 aliphatic carbocycles. The molecule has 0 aromatic carbocycles. The number of hydrogen-bond acceptors (Lipinski definition) is 6. The maximum absolute atomic E-state index is 12.2. The van der Waals surface area contributed by atoms with Crippen LogP contribution >= 0.6 is 38.6 Å². The highest BCUT2D eigenvalue weighted by Gasteiger charge is 2.20. The summed E-state index contributed by atoms with van der Waals surface area (Å²) < 4.78 is 27.4. The molecule has 0 aliphatic rings. The first-order valence-electron chi connectivity index (χ1n) is 5.31. The molecule has 0 unspecified atom stereocenters. The van der Waals surface area contributed by atoms with E-state index in [9.17, 15) is 8.42 Å². The van der Waals surface area contributed by atoms with Crippen LogP contribution in [0.25, 0.3) is 0 Å². The Balaban J connectivity index is 2.15. The quantitative estimate of drug-likeness (QED) is 0.831. The van der Waals surface area contributed by atoms with Crippen LogP contribution in [0.5, 0.6) is 0 Å². The zero-order chi connectivity index (χ0) is 14.0. The summed E-state index contributed by atoms with van der Waals surface area (Å²) in [6.07, 6.45) is 0. The van der Waals surface area contributed by atoms with Crippen molar-refractivity contribution in [3.63, 3.8) is 0 Å². The lowest BCUT2D eigenvalue weighted by molar-refractivity contribution is 0.580. The molecule has 0 fully saturated rings. The molecule has 5 nitrogen and oxygen atoms in total. The Hall–Kier alpha value is -0.320. The van der Waals surface area contributed by atoms with Crippen LogP contribution in [0.4, 0.5) is 0 Å². The summed E-state index contributed by atoms with van der Waals surface area (Å²) in [5, 5.41) is 2.75. The van der Waals surface area contributed by atoms with Crippen molar-refractivity contribution in [1.82, 2.24) is 9.71 Å². The summed E-state index contributed by atoms with van der Waals surface area (Å²) in [6.45, 7) is 2.39. The van der Waals surface area contributed by atoms with Crippen LogP contribution in [-0.2, 0) is 23.1 Å². The predicted octanol–water partition coefficient (Wildman–Crippen LogP) is 2.21. The molecule has 0 amide bonds. The van der Waals surface area contributed by atoms with Gasteiger partial charge < -0.3 is 5.73 Å². The zero-order valence-corrected chi connectivity index (χ0v) is 14.0. The maximum Gasteiger partial charge on any atom is 0.242 e. The summed E-state index contributed by atoms with van der Waals surface area (Å²) >= 11 is 6.07. The van der Waals surface area contributed by atoms with Crippen LogP contribution in [0.3, 0.4) is 0 Å². The molecule has 0 spiro atoms. The summed E-state index contributed by atoms with van der Waals surface area (Å²) in [7, 11) is -3.55. The number of thiophene rings is 1. The molecular formula is C10H12BrN3O2S3. The number of aryl methyl sites for hydroxylation is 1. The molecule has 9 heteroatoms. The van der Waals surface area contributed by atoms with Gasteiger partial charge in [0.1, 0.15) is 4.90 Å². The minimum Gasteiger partial charge on any atom is -0.326 e. The monoisotopic (exact) mass is 381 g/mol. The first-order chi connectivity index (χ1) is 8.92. The highest BCUT2D eigenvalue weighted by molar-refractivity contribution is 9.11. The molecule has 2 aromatic rings. The van der Waals surface area contributed by atoms with Gasteiger partial charge in [-0.05, 0) is 28.9 Å². The van der Waals surface area contributed by atoms with Gasteiger partial charge in [0.25, 0.3) is 0 Å². The zero-order valence-electron chi connectivity index (χ0n) is 10.0. The molecule has 0 atom stereocenters. The van der Waals surface area contributed by atoms with Gasteiger partial charge in [-0.3, -0.25) is 0 Å². The Morgan fingerprint density at radius 2 is 2.26 bits per heavy atom. The van der Waals surface area contributed by atoms with E-state index in [1.807, 2.05) is 12.3 Å². The summed E-state index contributed by atoms with van der Waals surface area (Å²) in [4.78, 5) is 5.26. The molecule has 19 heavy (non-hydrogen) atoms. The van der Waals surface area contributed by atoms with E-state index in [4.69, 9.17) is 5.73 Å². The van der Waals surface area contributed by atoms with Crippen LogP contribution < -0.4 is 10.5 Å². The Bertz CT molecular complexity index is 678. The molecule has 0 saturated carbocycles. The number of hydrogen-bond donors (Lipinski definition) is 2. The number of nitrogens with zero attached hydrogens (tertiary/aromatic N) is 1. The average Bonchev–Trinajstić information content (AvgIpc) is 2.93. The normalized spacial score (nSPS) is 11.9. The van der Waals surface area contributed by atoms with Gasteiger partial charge in [0.15, 0.2) is 0 Å². The highest BCUT2D eigenvalue weighted by atomic mass is 79.9. The lowest BCUT2D eigenvalue weighted by Crippen LogP contribution is -2.23. The molecule has 0 radical (unpaired) electrons. The molecule has 0 bridgehead atoms. The van der Waals surface area contributed by atoms with Crippen molar-refractivity contribution >= 4 is 48.6 Å². The van der Waals surface area contributed by atoms with Gasteiger partial charge in [-0.15, -0.1) is 22.7 Å². The van der Waals surface area contributed by atoms with Gasteiger partial charge >= 0.3 is 0 Å². The van der Waals surface area contributed by atoms with Gasteiger partial charge in [0.05, 0.1) is 21.0 Å². The minimum atomic E-state index is -3.55. The summed E-state index contributed by atoms with van der Waals surface area (Å²) in [5.74, 6) is 0. The second kappa shape index (κ2) is 5.98. The fraction of sp³-hybridized carbons (Fsp3) is 0.300. The SMILES string of the molecule is Cc1nc(CNS(=O)(=O)c2cc(CN)sc2Br)cs1. The van der Waals surface area contributed by atoms with E-state index >= 15 is 0 Å². The number of nitrogens with two attached hydrogens (primary N) is 1. The Labute approximate surface area is 128 Å². The lowest BCUT2D eigenvalue weighted by Gasteiger charge is -2.03. The number of nitrogens with one attached hydrogen (secondary N) is 1. The highest BCUT2D eigenvalue weighted by Crippen LogP contribution is 2.31. The van der Waals surface area contributed by atoms with Crippen molar-refractivity contribution in [2.24, 2.45) is 5.73 Å². The number of aromatic nitrogens is 1. The Kier molecular flexibility index (Phi) is 4.75. The van der Waals surface area contributed by atoms with Crippen LogP contribution in [0.1, 0.15) is 15.6 Å². The third-order valence-corrected chi connectivity index (χ3v) is 6.81. The molecule has 2 rings (SSSR count). The Morgan fingerprint density at radius 1 is 1.53 bits per heavy atom. The van der Waals surface area contributed by atoms with Gasteiger partial charge in [0, 0.05) is 16.8 Å². The summed E-state index contributed by atoms with van der Waals surface area (Å²) in [5.41, 5.74) is 6.23. The topological polar surface area (TPSA) is 85.1 Å². The van der Waals surface area contributed by atoms with Crippen molar-refractivity contribution in [1.29, 1.82) is 0 Å². The van der Waals surface area contributed by atoms with E-state index in [0.29, 0.717) is 10.3 Å². The first-order valence-corrected chi connectivity index (χ1v) is 9.28. The molecular weight excluding hydrogens is 370 g/mol. The predicted molar refractivity (Wildman–Crippen MR) is 80.8 cm³/mol. The minimum absolute atomic E-state index is 0.187. The van der Waals surface area contributed by atoms with Crippen molar-refractivity contribution in [2.45, 2.75) is 24.9 Å². The average molecular weight is 382 g/mol. The van der Waals surface area contributed by atoms with E-state index in [0.717, 1.165) is 15.6 Å². The third-order valence-electron chi connectivity index (χ3n) is 2.31. The number of sulfonamides is 1. The maximum atomic E-state index is 12.2. The van der Waals surface area contributed by atoms with E-state index < -0.39 is 10.0 Å². The second-order valence-electron chi connectivity index (χ2n) is 3.74. The number of thiazole rings is 1. The third kappa shape index (κ3) is 3.61. The van der Waals surface area contributed by atoms with Gasteiger partial charge in [-0.1, -0.05) is 0 Å².